The molecule has 0 bridgehead atoms. The number of ether oxygens (including phenoxy) is 1. The molecule has 0 atom stereocenters. The summed E-state index contributed by atoms with van der Waals surface area (Å²) in [5.74, 6) is 0.157. The first-order chi connectivity index (χ1) is 13.9. The lowest BCUT2D eigenvalue weighted by Crippen LogP contribution is -2.13. The lowest BCUT2D eigenvalue weighted by molar-refractivity contribution is 0.102. The highest BCUT2D eigenvalue weighted by Gasteiger charge is 2.17. The highest BCUT2D eigenvalue weighted by atomic mass is 79.9. The molecular weight excluding hydrogens is 439 g/mol. The van der Waals surface area contributed by atoms with Gasteiger partial charge in [0, 0.05) is 15.7 Å². The van der Waals surface area contributed by atoms with Crippen LogP contribution in [0.1, 0.15) is 15.9 Å². The maximum Gasteiger partial charge on any atom is 0.259 e. The number of rotatable bonds is 4. The summed E-state index contributed by atoms with van der Waals surface area (Å²) < 4.78 is 25.3. The van der Waals surface area contributed by atoms with Gasteiger partial charge in [-0.15, -0.1) is 0 Å². The number of oxazole rings is 1. The SMILES string of the molecule is COc1c(C)cc(Br)cc1C(=O)Nc1ccc2oc(-c3cccc(F)c3)nc2c1. The van der Waals surface area contributed by atoms with E-state index >= 15 is 0 Å². The van der Waals surface area contributed by atoms with Gasteiger partial charge in [-0.3, -0.25) is 4.79 Å². The number of hydrogen-bond acceptors (Lipinski definition) is 4. The molecule has 0 aliphatic heterocycles. The average Bonchev–Trinajstić information content (AvgIpc) is 3.11. The van der Waals surface area contributed by atoms with Crippen molar-refractivity contribution in [1.29, 1.82) is 0 Å². The van der Waals surface area contributed by atoms with Crippen LogP contribution in [0, 0.1) is 12.7 Å². The highest BCUT2D eigenvalue weighted by Crippen LogP contribution is 2.30. The molecule has 146 valence electrons. The molecule has 3 aromatic carbocycles. The van der Waals surface area contributed by atoms with E-state index in [0.717, 1.165) is 10.0 Å². The number of amides is 1. The number of nitrogens with zero attached hydrogens (tertiary/aromatic N) is 1. The molecule has 0 unspecified atom stereocenters. The van der Waals surface area contributed by atoms with Crippen molar-refractivity contribution >= 4 is 38.6 Å². The number of anilines is 1. The van der Waals surface area contributed by atoms with Crippen LogP contribution in [0.25, 0.3) is 22.6 Å². The molecule has 1 amide bonds. The fraction of sp³-hybridized carbons (Fsp3) is 0.0909. The summed E-state index contributed by atoms with van der Waals surface area (Å²) in [6, 6.07) is 14.8. The maximum atomic E-state index is 13.5. The van der Waals surface area contributed by atoms with E-state index in [1.54, 1.807) is 36.4 Å². The van der Waals surface area contributed by atoms with Crippen molar-refractivity contribution in [2.24, 2.45) is 0 Å². The van der Waals surface area contributed by atoms with E-state index in [9.17, 15) is 9.18 Å². The van der Waals surface area contributed by atoms with Gasteiger partial charge in [-0.2, -0.15) is 0 Å². The van der Waals surface area contributed by atoms with Crippen LogP contribution >= 0.6 is 15.9 Å². The normalized spacial score (nSPS) is 10.9. The number of nitrogens with one attached hydrogen (secondary N) is 1. The largest absolute Gasteiger partial charge is 0.496 e. The predicted octanol–water partition coefficient (Wildman–Crippen LogP) is 5.97. The van der Waals surface area contributed by atoms with Crippen molar-refractivity contribution in [3.8, 4) is 17.2 Å². The van der Waals surface area contributed by atoms with Crippen molar-refractivity contribution in [1.82, 2.24) is 4.98 Å². The van der Waals surface area contributed by atoms with Crippen LogP contribution in [0.3, 0.4) is 0 Å². The van der Waals surface area contributed by atoms with E-state index in [1.165, 1.54) is 19.2 Å². The molecular formula is C22H16BrFN2O3. The zero-order valence-electron chi connectivity index (χ0n) is 15.6. The smallest absolute Gasteiger partial charge is 0.259 e. The second-order valence-electron chi connectivity index (χ2n) is 6.47. The average molecular weight is 455 g/mol. The van der Waals surface area contributed by atoms with E-state index in [0.29, 0.717) is 39.6 Å². The fourth-order valence-corrected chi connectivity index (χ4v) is 3.69. The number of fused-ring (bicyclic) bond motifs is 1. The van der Waals surface area contributed by atoms with Crippen molar-refractivity contribution in [2.75, 3.05) is 12.4 Å². The van der Waals surface area contributed by atoms with Gasteiger partial charge in [0.05, 0.1) is 12.7 Å². The topological polar surface area (TPSA) is 64.4 Å². The van der Waals surface area contributed by atoms with Gasteiger partial charge in [-0.1, -0.05) is 22.0 Å². The van der Waals surface area contributed by atoms with E-state index < -0.39 is 0 Å². The Morgan fingerprint density at radius 3 is 2.76 bits per heavy atom. The minimum absolute atomic E-state index is 0.306. The van der Waals surface area contributed by atoms with E-state index in [-0.39, 0.29) is 11.7 Å². The van der Waals surface area contributed by atoms with Gasteiger partial charge in [-0.25, -0.2) is 9.37 Å². The molecule has 1 heterocycles. The Labute approximate surface area is 174 Å². The Hall–Kier alpha value is -3.19. The van der Waals surface area contributed by atoms with Gasteiger partial charge in [0.25, 0.3) is 5.91 Å². The first-order valence-corrected chi connectivity index (χ1v) is 9.56. The number of halogens is 2. The summed E-state index contributed by atoms with van der Waals surface area (Å²) in [7, 11) is 1.53. The first kappa shape index (κ1) is 19.1. The molecule has 29 heavy (non-hydrogen) atoms. The molecule has 0 aliphatic rings. The van der Waals surface area contributed by atoms with Gasteiger partial charge < -0.3 is 14.5 Å². The predicted molar refractivity (Wildman–Crippen MR) is 113 cm³/mol. The summed E-state index contributed by atoms with van der Waals surface area (Å²) >= 11 is 3.41. The number of benzene rings is 3. The molecule has 7 heteroatoms. The van der Waals surface area contributed by atoms with E-state index in [1.807, 2.05) is 13.0 Å². The Kier molecular flexibility index (Phi) is 5.07. The maximum absolute atomic E-state index is 13.5. The van der Waals surface area contributed by atoms with Gasteiger partial charge in [-0.05, 0) is 61.0 Å². The zero-order chi connectivity index (χ0) is 20.5. The van der Waals surface area contributed by atoms with E-state index in [4.69, 9.17) is 9.15 Å². The monoisotopic (exact) mass is 454 g/mol. The third-order valence-corrected chi connectivity index (χ3v) is 4.86. The molecule has 4 rings (SSSR count). The lowest BCUT2D eigenvalue weighted by atomic mass is 10.1. The van der Waals surface area contributed by atoms with Crippen LogP contribution in [-0.2, 0) is 0 Å². The quantitative estimate of drug-likeness (QED) is 0.412. The first-order valence-electron chi connectivity index (χ1n) is 8.76. The molecule has 1 aromatic heterocycles. The zero-order valence-corrected chi connectivity index (χ0v) is 17.2. The molecule has 5 nitrogen and oxygen atoms in total. The van der Waals surface area contributed by atoms with Crippen molar-refractivity contribution < 1.29 is 18.3 Å². The Morgan fingerprint density at radius 1 is 1.17 bits per heavy atom. The second kappa shape index (κ2) is 7.67. The van der Waals surface area contributed by atoms with E-state index in [2.05, 4.69) is 26.2 Å². The highest BCUT2D eigenvalue weighted by molar-refractivity contribution is 9.10. The molecule has 0 spiro atoms. The summed E-state index contributed by atoms with van der Waals surface area (Å²) in [6.07, 6.45) is 0. The summed E-state index contributed by atoms with van der Waals surface area (Å²) in [6.45, 7) is 1.87. The van der Waals surface area contributed by atoms with Crippen molar-refractivity contribution in [3.63, 3.8) is 0 Å². The third-order valence-electron chi connectivity index (χ3n) is 4.41. The van der Waals surface area contributed by atoms with Gasteiger partial charge >= 0.3 is 0 Å². The molecule has 0 saturated carbocycles. The number of aromatic nitrogens is 1. The van der Waals surface area contributed by atoms with Crippen LogP contribution in [0.5, 0.6) is 5.75 Å². The number of aryl methyl sites for hydroxylation is 1. The second-order valence-corrected chi connectivity index (χ2v) is 7.39. The van der Waals surface area contributed by atoms with Crippen LogP contribution in [0.4, 0.5) is 10.1 Å². The molecule has 0 aliphatic carbocycles. The number of carbonyl (C=O) groups excluding carboxylic acids is 1. The van der Waals surface area contributed by atoms with Gasteiger partial charge in [0.1, 0.15) is 17.1 Å². The third kappa shape index (κ3) is 3.86. The molecule has 4 aromatic rings. The van der Waals surface area contributed by atoms with Crippen LogP contribution < -0.4 is 10.1 Å². The van der Waals surface area contributed by atoms with Crippen molar-refractivity contribution in [2.45, 2.75) is 6.92 Å². The lowest BCUT2D eigenvalue weighted by Gasteiger charge is -2.12. The summed E-state index contributed by atoms with van der Waals surface area (Å²) in [5, 5.41) is 2.86. The Morgan fingerprint density at radius 2 is 2.00 bits per heavy atom. The fourth-order valence-electron chi connectivity index (χ4n) is 3.12. The minimum Gasteiger partial charge on any atom is -0.496 e. The molecule has 0 saturated heterocycles. The summed E-state index contributed by atoms with van der Waals surface area (Å²) in [4.78, 5) is 17.2. The number of carbonyl (C=O) groups is 1. The van der Waals surface area contributed by atoms with Crippen molar-refractivity contribution in [3.05, 3.63) is 76.0 Å². The molecule has 0 fully saturated rings. The minimum atomic E-state index is -0.365. The Bertz CT molecular complexity index is 1240. The Balaban J connectivity index is 1.65. The number of hydrogen-bond donors (Lipinski definition) is 1. The van der Waals surface area contributed by atoms with Gasteiger partial charge in [0.15, 0.2) is 5.58 Å². The number of methoxy groups -OCH3 is 1. The molecule has 1 N–H and O–H groups in total. The van der Waals surface area contributed by atoms with Crippen LogP contribution in [0.2, 0.25) is 0 Å². The summed E-state index contributed by atoms with van der Waals surface area (Å²) in [5.41, 5.74) is 3.46. The van der Waals surface area contributed by atoms with Crippen LogP contribution in [-0.4, -0.2) is 18.0 Å². The molecule has 0 radical (unpaired) electrons. The van der Waals surface area contributed by atoms with Gasteiger partial charge in [0.2, 0.25) is 5.89 Å². The standard InChI is InChI=1S/C22H16BrFN2O3/c1-12-8-14(23)10-17(20(12)28-2)21(27)25-16-6-7-19-18(11-16)26-22(29-19)13-4-3-5-15(24)9-13/h3-11H,1-2H3,(H,25,27). The van der Waals surface area contributed by atoms with Crippen LogP contribution in [0.15, 0.2) is 63.5 Å².